The SMILES string of the molecule is Cc1cn(C2CCC(COP3OCc4cc(Cl)ccc4O3)O2)c(=S)[nH]c1=O. The summed E-state index contributed by atoms with van der Waals surface area (Å²) in [5.41, 5.74) is 1.33. The van der Waals surface area contributed by atoms with Gasteiger partial charge in [-0.05, 0) is 50.2 Å². The molecule has 3 heterocycles. The minimum absolute atomic E-state index is 0.0922. The smallest absolute Gasteiger partial charge is 0.397 e. The Morgan fingerprint density at radius 1 is 1.44 bits per heavy atom. The van der Waals surface area contributed by atoms with Crippen LogP contribution in [0.25, 0.3) is 0 Å². The van der Waals surface area contributed by atoms with Crippen LogP contribution in [-0.2, 0) is 20.4 Å². The van der Waals surface area contributed by atoms with Crippen molar-refractivity contribution in [2.75, 3.05) is 6.61 Å². The summed E-state index contributed by atoms with van der Waals surface area (Å²) in [4.78, 5) is 14.3. The maximum atomic E-state index is 11.6. The number of aromatic nitrogens is 2. The summed E-state index contributed by atoms with van der Waals surface area (Å²) in [6.45, 7) is 2.51. The standard InChI is InChI=1S/C17H18ClN2O5PS/c1-10-7-20(17(27)19-16(10)21)15-5-3-13(24-15)9-23-26-22-8-11-6-12(18)2-4-14(11)25-26/h2,4,6-7,13,15H,3,5,8-9H2,1H3,(H,19,21,27). The summed E-state index contributed by atoms with van der Waals surface area (Å²) in [7, 11) is -1.47. The number of hydrogen-bond acceptors (Lipinski definition) is 6. The first-order valence-electron chi connectivity index (χ1n) is 8.49. The molecule has 2 aliphatic rings. The molecule has 1 fully saturated rings. The topological polar surface area (TPSA) is 74.7 Å². The van der Waals surface area contributed by atoms with E-state index < -0.39 is 8.60 Å². The van der Waals surface area contributed by atoms with Crippen molar-refractivity contribution in [1.82, 2.24) is 9.55 Å². The predicted molar refractivity (Wildman–Crippen MR) is 104 cm³/mol. The third-order valence-corrected chi connectivity index (χ3v) is 6.02. The van der Waals surface area contributed by atoms with Gasteiger partial charge < -0.3 is 9.26 Å². The largest absolute Gasteiger partial charge is 0.426 e. The molecule has 0 amide bonds. The van der Waals surface area contributed by atoms with E-state index in [4.69, 9.17) is 42.1 Å². The number of nitrogens with zero attached hydrogens (tertiary/aromatic N) is 1. The number of aryl methyl sites for hydroxylation is 1. The number of rotatable bonds is 4. The molecule has 2 aromatic rings. The fourth-order valence-corrected chi connectivity index (χ4v) is 4.51. The Balaban J connectivity index is 1.33. The molecule has 0 bridgehead atoms. The summed E-state index contributed by atoms with van der Waals surface area (Å²) in [6, 6.07) is 5.42. The van der Waals surface area contributed by atoms with Crippen molar-refractivity contribution in [2.45, 2.75) is 38.7 Å². The van der Waals surface area contributed by atoms with Crippen LogP contribution >= 0.6 is 32.4 Å². The van der Waals surface area contributed by atoms with E-state index in [1.54, 1.807) is 23.8 Å². The Morgan fingerprint density at radius 2 is 2.30 bits per heavy atom. The van der Waals surface area contributed by atoms with Crippen LogP contribution in [0.15, 0.2) is 29.2 Å². The first-order chi connectivity index (χ1) is 13.0. The van der Waals surface area contributed by atoms with Crippen LogP contribution in [0.4, 0.5) is 0 Å². The zero-order valence-corrected chi connectivity index (χ0v) is 17.0. The van der Waals surface area contributed by atoms with Crippen LogP contribution < -0.4 is 10.1 Å². The molecular weight excluding hydrogens is 411 g/mol. The van der Waals surface area contributed by atoms with Gasteiger partial charge in [0.1, 0.15) is 12.0 Å². The van der Waals surface area contributed by atoms with Crippen molar-refractivity contribution < 1.29 is 18.3 Å². The molecule has 0 aliphatic carbocycles. The second-order valence-corrected chi connectivity index (χ2v) is 8.37. The highest BCUT2D eigenvalue weighted by molar-refractivity contribution is 7.71. The van der Waals surface area contributed by atoms with Gasteiger partial charge in [0.2, 0.25) is 0 Å². The number of nitrogens with one attached hydrogen (secondary N) is 1. The van der Waals surface area contributed by atoms with Gasteiger partial charge >= 0.3 is 8.60 Å². The quantitative estimate of drug-likeness (QED) is 0.574. The first-order valence-corrected chi connectivity index (χ1v) is 10.4. The number of H-pyrrole nitrogens is 1. The number of benzene rings is 1. The monoisotopic (exact) mass is 428 g/mol. The van der Waals surface area contributed by atoms with E-state index in [9.17, 15) is 4.79 Å². The molecule has 3 atom stereocenters. The van der Waals surface area contributed by atoms with Crippen LogP contribution in [0.3, 0.4) is 0 Å². The van der Waals surface area contributed by atoms with E-state index in [1.165, 1.54) is 0 Å². The van der Waals surface area contributed by atoms with Gasteiger partial charge in [-0.25, -0.2) is 0 Å². The van der Waals surface area contributed by atoms with Crippen molar-refractivity contribution in [1.29, 1.82) is 0 Å². The summed E-state index contributed by atoms with van der Waals surface area (Å²) >= 11 is 11.2. The van der Waals surface area contributed by atoms with Crippen molar-refractivity contribution in [2.24, 2.45) is 0 Å². The van der Waals surface area contributed by atoms with Gasteiger partial charge in [-0.3, -0.25) is 23.4 Å². The molecule has 27 heavy (non-hydrogen) atoms. The van der Waals surface area contributed by atoms with E-state index in [2.05, 4.69) is 4.98 Å². The Labute approximate surface area is 167 Å². The molecule has 1 aromatic carbocycles. The summed E-state index contributed by atoms with van der Waals surface area (Å²) in [5, 5.41) is 0.648. The van der Waals surface area contributed by atoms with E-state index in [1.807, 2.05) is 12.1 Å². The van der Waals surface area contributed by atoms with Crippen LogP contribution in [0.1, 0.15) is 30.2 Å². The lowest BCUT2D eigenvalue weighted by Crippen LogP contribution is -2.21. The number of fused-ring (bicyclic) bond motifs is 1. The highest BCUT2D eigenvalue weighted by Crippen LogP contribution is 2.48. The van der Waals surface area contributed by atoms with Crippen molar-refractivity contribution in [3.05, 3.63) is 55.7 Å². The number of hydrogen-bond donors (Lipinski definition) is 1. The zero-order valence-electron chi connectivity index (χ0n) is 14.5. The van der Waals surface area contributed by atoms with Crippen LogP contribution in [0.5, 0.6) is 5.75 Å². The molecule has 1 N–H and O–H groups in total. The Kier molecular flexibility index (Phi) is 5.64. The molecule has 0 saturated carbocycles. The Bertz CT molecular complexity index is 965. The maximum absolute atomic E-state index is 11.6. The molecule has 144 valence electrons. The van der Waals surface area contributed by atoms with E-state index in [0.29, 0.717) is 28.6 Å². The van der Waals surface area contributed by atoms with E-state index >= 15 is 0 Å². The Hall–Kier alpha value is -1.28. The number of ether oxygens (including phenoxy) is 1. The fraction of sp³-hybridized carbons (Fsp3) is 0.412. The molecular formula is C17H18ClN2O5PS. The molecule has 3 unspecified atom stereocenters. The molecule has 2 aliphatic heterocycles. The van der Waals surface area contributed by atoms with Gasteiger partial charge in [-0.2, -0.15) is 0 Å². The molecule has 0 spiro atoms. The van der Waals surface area contributed by atoms with E-state index in [0.717, 1.165) is 24.2 Å². The lowest BCUT2D eigenvalue weighted by atomic mass is 10.2. The molecule has 0 radical (unpaired) electrons. The zero-order chi connectivity index (χ0) is 19.0. The maximum Gasteiger partial charge on any atom is 0.397 e. The lowest BCUT2D eigenvalue weighted by molar-refractivity contribution is -0.0221. The van der Waals surface area contributed by atoms with Gasteiger partial charge in [0.15, 0.2) is 4.77 Å². The van der Waals surface area contributed by atoms with Crippen molar-refractivity contribution in [3.8, 4) is 5.75 Å². The van der Waals surface area contributed by atoms with E-state index in [-0.39, 0.29) is 17.9 Å². The summed E-state index contributed by atoms with van der Waals surface area (Å²) < 4.78 is 25.3. The fourth-order valence-electron chi connectivity index (χ4n) is 3.00. The highest BCUT2D eigenvalue weighted by atomic mass is 35.5. The normalized spacial score (nSPS) is 24.4. The van der Waals surface area contributed by atoms with Crippen LogP contribution in [0.2, 0.25) is 5.02 Å². The van der Waals surface area contributed by atoms with Gasteiger partial charge in [-0.15, -0.1) is 0 Å². The van der Waals surface area contributed by atoms with Gasteiger partial charge in [-0.1, -0.05) is 11.6 Å². The first kappa shape index (κ1) is 19.1. The predicted octanol–water partition coefficient (Wildman–Crippen LogP) is 4.40. The second-order valence-electron chi connectivity index (χ2n) is 6.40. The van der Waals surface area contributed by atoms with Gasteiger partial charge in [0, 0.05) is 22.3 Å². The lowest BCUT2D eigenvalue weighted by Gasteiger charge is -2.25. The van der Waals surface area contributed by atoms with Crippen molar-refractivity contribution >= 4 is 32.4 Å². The summed E-state index contributed by atoms with van der Waals surface area (Å²) in [5.74, 6) is 0.733. The molecule has 1 saturated heterocycles. The minimum Gasteiger partial charge on any atom is -0.426 e. The number of halogens is 1. The van der Waals surface area contributed by atoms with Gasteiger partial charge in [0.25, 0.3) is 5.56 Å². The molecule has 7 nitrogen and oxygen atoms in total. The van der Waals surface area contributed by atoms with Crippen LogP contribution in [-0.4, -0.2) is 22.3 Å². The third kappa shape index (κ3) is 4.26. The Morgan fingerprint density at radius 3 is 3.15 bits per heavy atom. The number of aromatic amines is 1. The second kappa shape index (κ2) is 7.99. The average Bonchev–Trinajstić information content (AvgIpc) is 3.11. The third-order valence-electron chi connectivity index (χ3n) is 4.43. The van der Waals surface area contributed by atoms with Crippen LogP contribution in [0, 0.1) is 11.7 Å². The van der Waals surface area contributed by atoms with Crippen molar-refractivity contribution in [3.63, 3.8) is 0 Å². The minimum atomic E-state index is -1.47. The molecule has 1 aromatic heterocycles. The molecule has 10 heteroatoms. The summed E-state index contributed by atoms with van der Waals surface area (Å²) in [6.07, 6.45) is 3.03. The highest BCUT2D eigenvalue weighted by Gasteiger charge is 2.30. The van der Waals surface area contributed by atoms with Gasteiger partial charge in [0.05, 0.1) is 19.3 Å². The molecule has 4 rings (SSSR count). The average molecular weight is 429 g/mol.